The highest BCUT2D eigenvalue weighted by atomic mass is 16.2. The van der Waals surface area contributed by atoms with Gasteiger partial charge in [-0.1, -0.05) is 33.1 Å². The van der Waals surface area contributed by atoms with Crippen molar-refractivity contribution in [1.29, 1.82) is 0 Å². The Labute approximate surface area is 162 Å². The Morgan fingerprint density at radius 3 is 2.41 bits per heavy atom. The molecule has 0 bridgehead atoms. The standard InChI is InChI=1S/C20H34N4O3/c1-15(2)13-23-11-9-20(10-12-23)18(26)24(19(27)21-20)14-17(25)22(3)16-7-5-4-6-8-16/h15-16H,4-14H2,1-3H3,(H,21,27). The van der Waals surface area contributed by atoms with Gasteiger partial charge in [0.2, 0.25) is 5.91 Å². The average molecular weight is 379 g/mol. The molecule has 0 atom stereocenters. The topological polar surface area (TPSA) is 73.0 Å². The maximum atomic E-state index is 13.0. The molecule has 0 unspecified atom stereocenters. The van der Waals surface area contributed by atoms with Crippen molar-refractivity contribution in [2.75, 3.05) is 33.2 Å². The normalized spacial score (nSPS) is 23.9. The Hall–Kier alpha value is -1.63. The number of nitrogens with one attached hydrogen (secondary N) is 1. The van der Waals surface area contributed by atoms with Gasteiger partial charge in [-0.3, -0.25) is 14.5 Å². The molecule has 2 saturated heterocycles. The molecule has 1 spiro atoms. The van der Waals surface area contributed by atoms with E-state index in [0.717, 1.165) is 50.2 Å². The highest BCUT2D eigenvalue weighted by Gasteiger charge is 2.52. The number of imide groups is 1. The number of carbonyl (C=O) groups is 3. The molecule has 2 heterocycles. The molecule has 0 aromatic rings. The third-order valence-corrected chi connectivity index (χ3v) is 6.39. The summed E-state index contributed by atoms with van der Waals surface area (Å²) < 4.78 is 0. The molecule has 152 valence electrons. The summed E-state index contributed by atoms with van der Waals surface area (Å²) in [6, 6.07) is -0.178. The van der Waals surface area contributed by atoms with Gasteiger partial charge in [0.15, 0.2) is 0 Å². The lowest BCUT2D eigenvalue weighted by Crippen LogP contribution is -2.55. The lowest BCUT2D eigenvalue weighted by atomic mass is 9.87. The van der Waals surface area contributed by atoms with Gasteiger partial charge in [0, 0.05) is 32.7 Å². The van der Waals surface area contributed by atoms with E-state index in [1.165, 1.54) is 6.42 Å². The van der Waals surface area contributed by atoms with Crippen LogP contribution in [0.15, 0.2) is 0 Å². The molecule has 3 aliphatic rings. The van der Waals surface area contributed by atoms with Crippen molar-refractivity contribution in [3.05, 3.63) is 0 Å². The van der Waals surface area contributed by atoms with Gasteiger partial charge in [0.25, 0.3) is 5.91 Å². The zero-order valence-corrected chi connectivity index (χ0v) is 17.0. The van der Waals surface area contributed by atoms with Crippen molar-refractivity contribution in [1.82, 2.24) is 20.0 Å². The van der Waals surface area contributed by atoms with Crippen LogP contribution in [0, 0.1) is 5.92 Å². The molecule has 3 rings (SSSR count). The molecule has 3 fully saturated rings. The third kappa shape index (κ3) is 4.28. The second kappa shape index (κ2) is 8.17. The van der Waals surface area contributed by atoms with E-state index in [9.17, 15) is 14.4 Å². The maximum Gasteiger partial charge on any atom is 0.325 e. The van der Waals surface area contributed by atoms with Gasteiger partial charge in [0.1, 0.15) is 12.1 Å². The number of rotatable bonds is 5. The van der Waals surface area contributed by atoms with Gasteiger partial charge in [0.05, 0.1) is 0 Å². The fourth-order valence-electron chi connectivity index (χ4n) is 4.71. The number of urea groups is 1. The lowest BCUT2D eigenvalue weighted by molar-refractivity contribution is -0.140. The van der Waals surface area contributed by atoms with Gasteiger partial charge < -0.3 is 15.1 Å². The zero-order chi connectivity index (χ0) is 19.6. The van der Waals surface area contributed by atoms with Gasteiger partial charge in [-0.2, -0.15) is 0 Å². The van der Waals surface area contributed by atoms with Crippen LogP contribution in [0.5, 0.6) is 0 Å². The van der Waals surface area contributed by atoms with Crippen LogP contribution in [0.3, 0.4) is 0 Å². The first-order valence-corrected chi connectivity index (χ1v) is 10.4. The molecule has 1 N–H and O–H groups in total. The SMILES string of the molecule is CC(C)CN1CCC2(CC1)NC(=O)N(CC(=O)N(C)C1CCCCC1)C2=O. The number of piperidine rings is 1. The van der Waals surface area contributed by atoms with E-state index >= 15 is 0 Å². The quantitative estimate of drug-likeness (QED) is 0.741. The summed E-state index contributed by atoms with van der Waals surface area (Å²) in [7, 11) is 1.80. The molecule has 0 radical (unpaired) electrons. The van der Waals surface area contributed by atoms with E-state index in [1.807, 2.05) is 0 Å². The van der Waals surface area contributed by atoms with Crippen molar-refractivity contribution in [3.63, 3.8) is 0 Å². The average Bonchev–Trinajstić information content (AvgIpc) is 2.87. The summed E-state index contributed by atoms with van der Waals surface area (Å²) in [5, 5.41) is 2.91. The van der Waals surface area contributed by atoms with E-state index in [1.54, 1.807) is 11.9 Å². The first kappa shape index (κ1) is 20.1. The van der Waals surface area contributed by atoms with Crippen LogP contribution in [-0.4, -0.2) is 77.4 Å². The van der Waals surface area contributed by atoms with Crippen molar-refractivity contribution in [3.8, 4) is 0 Å². The minimum absolute atomic E-state index is 0.139. The number of hydrogen-bond acceptors (Lipinski definition) is 4. The van der Waals surface area contributed by atoms with Crippen molar-refractivity contribution < 1.29 is 14.4 Å². The monoisotopic (exact) mass is 378 g/mol. The molecule has 7 nitrogen and oxygen atoms in total. The number of likely N-dealkylation sites (N-methyl/N-ethyl adjacent to an activating group) is 1. The number of likely N-dealkylation sites (tertiary alicyclic amines) is 1. The molecule has 7 heteroatoms. The number of carbonyl (C=O) groups excluding carboxylic acids is 3. The summed E-state index contributed by atoms with van der Waals surface area (Å²) in [6.07, 6.45) is 6.77. The molecule has 1 aliphatic carbocycles. The van der Waals surface area contributed by atoms with Crippen molar-refractivity contribution in [2.45, 2.75) is 70.4 Å². The number of nitrogens with zero attached hydrogens (tertiary/aromatic N) is 3. The molecular formula is C20H34N4O3. The first-order chi connectivity index (χ1) is 12.8. The molecule has 1 saturated carbocycles. The van der Waals surface area contributed by atoms with Gasteiger partial charge in [-0.25, -0.2) is 4.79 Å². The molecule has 0 aromatic carbocycles. The van der Waals surface area contributed by atoms with E-state index in [-0.39, 0.29) is 24.4 Å². The highest BCUT2D eigenvalue weighted by Crippen LogP contribution is 2.30. The Morgan fingerprint density at radius 2 is 1.81 bits per heavy atom. The smallest absolute Gasteiger partial charge is 0.325 e. The molecule has 0 aromatic heterocycles. The highest BCUT2D eigenvalue weighted by molar-refractivity contribution is 6.09. The van der Waals surface area contributed by atoms with E-state index in [0.29, 0.717) is 18.8 Å². The minimum Gasteiger partial charge on any atom is -0.341 e. The van der Waals surface area contributed by atoms with Gasteiger partial charge in [-0.15, -0.1) is 0 Å². The van der Waals surface area contributed by atoms with Crippen LogP contribution < -0.4 is 5.32 Å². The number of amides is 4. The molecule has 2 aliphatic heterocycles. The third-order valence-electron chi connectivity index (χ3n) is 6.39. The zero-order valence-electron chi connectivity index (χ0n) is 17.0. The van der Waals surface area contributed by atoms with E-state index in [4.69, 9.17) is 0 Å². The van der Waals surface area contributed by atoms with Crippen LogP contribution in [0.2, 0.25) is 0 Å². The van der Waals surface area contributed by atoms with E-state index < -0.39 is 11.6 Å². The predicted octanol–water partition coefficient (Wildman–Crippen LogP) is 1.82. The Morgan fingerprint density at radius 1 is 1.19 bits per heavy atom. The summed E-state index contributed by atoms with van der Waals surface area (Å²) in [5.74, 6) is 0.221. The summed E-state index contributed by atoms with van der Waals surface area (Å²) in [5.41, 5.74) is -0.811. The summed E-state index contributed by atoms with van der Waals surface area (Å²) in [4.78, 5) is 43.4. The summed E-state index contributed by atoms with van der Waals surface area (Å²) in [6.45, 7) is 6.83. The number of hydrogen-bond donors (Lipinski definition) is 1. The van der Waals surface area contributed by atoms with Crippen LogP contribution >= 0.6 is 0 Å². The minimum atomic E-state index is -0.811. The lowest BCUT2D eigenvalue weighted by Gasteiger charge is -2.38. The second-order valence-corrected chi connectivity index (χ2v) is 8.89. The first-order valence-electron chi connectivity index (χ1n) is 10.4. The maximum absolute atomic E-state index is 13.0. The second-order valence-electron chi connectivity index (χ2n) is 8.89. The Balaban J connectivity index is 1.58. The molecule has 4 amide bonds. The molecular weight excluding hydrogens is 344 g/mol. The van der Waals surface area contributed by atoms with Crippen molar-refractivity contribution in [2.24, 2.45) is 5.92 Å². The van der Waals surface area contributed by atoms with Crippen LogP contribution in [-0.2, 0) is 9.59 Å². The van der Waals surface area contributed by atoms with Gasteiger partial charge >= 0.3 is 6.03 Å². The van der Waals surface area contributed by atoms with Crippen LogP contribution in [0.4, 0.5) is 4.79 Å². The Bertz CT molecular complexity index is 578. The van der Waals surface area contributed by atoms with Crippen LogP contribution in [0.25, 0.3) is 0 Å². The van der Waals surface area contributed by atoms with Crippen LogP contribution in [0.1, 0.15) is 58.8 Å². The fraction of sp³-hybridized carbons (Fsp3) is 0.850. The molecule has 27 heavy (non-hydrogen) atoms. The predicted molar refractivity (Wildman–Crippen MR) is 103 cm³/mol. The van der Waals surface area contributed by atoms with E-state index in [2.05, 4.69) is 24.1 Å². The fourth-order valence-corrected chi connectivity index (χ4v) is 4.71. The van der Waals surface area contributed by atoms with Crippen molar-refractivity contribution >= 4 is 17.8 Å². The largest absolute Gasteiger partial charge is 0.341 e. The Kier molecular flexibility index (Phi) is 6.08. The van der Waals surface area contributed by atoms with Gasteiger partial charge in [-0.05, 0) is 31.6 Å². The summed E-state index contributed by atoms with van der Waals surface area (Å²) >= 11 is 0.